The van der Waals surface area contributed by atoms with Gasteiger partial charge >= 0.3 is 0 Å². The molecule has 0 radical (unpaired) electrons. The van der Waals surface area contributed by atoms with Crippen molar-refractivity contribution in [3.63, 3.8) is 0 Å². The topological polar surface area (TPSA) is 37.8 Å². The van der Waals surface area contributed by atoms with Gasteiger partial charge in [-0.2, -0.15) is 0 Å². The van der Waals surface area contributed by atoms with E-state index in [-0.39, 0.29) is 11.9 Å². The van der Waals surface area contributed by atoms with Crippen LogP contribution in [0.2, 0.25) is 0 Å². The van der Waals surface area contributed by atoms with Crippen molar-refractivity contribution in [2.75, 3.05) is 6.54 Å². The van der Waals surface area contributed by atoms with Gasteiger partial charge in [-0.3, -0.25) is 9.97 Å². The molecule has 20 heavy (non-hydrogen) atoms. The lowest BCUT2D eigenvalue weighted by atomic mass is 9.99. The van der Waals surface area contributed by atoms with Gasteiger partial charge in [-0.1, -0.05) is 13.0 Å². The fourth-order valence-electron chi connectivity index (χ4n) is 2.17. The average molecular weight is 273 g/mol. The van der Waals surface area contributed by atoms with Crippen LogP contribution in [0, 0.1) is 12.7 Å². The minimum Gasteiger partial charge on any atom is -0.308 e. The van der Waals surface area contributed by atoms with Gasteiger partial charge in [-0.25, -0.2) is 4.39 Å². The van der Waals surface area contributed by atoms with Gasteiger partial charge in [0.05, 0.1) is 11.7 Å². The molecule has 1 N–H and O–H groups in total. The SMILES string of the molecule is CCCNC(Cc1cc(F)ccc1C)c1cnccn1. The van der Waals surface area contributed by atoms with Gasteiger partial charge in [0.15, 0.2) is 0 Å². The van der Waals surface area contributed by atoms with E-state index >= 15 is 0 Å². The van der Waals surface area contributed by atoms with Crippen LogP contribution < -0.4 is 5.32 Å². The Morgan fingerprint density at radius 3 is 2.85 bits per heavy atom. The summed E-state index contributed by atoms with van der Waals surface area (Å²) in [7, 11) is 0. The first-order valence-electron chi connectivity index (χ1n) is 6.95. The predicted octanol–water partition coefficient (Wildman–Crippen LogP) is 3.21. The van der Waals surface area contributed by atoms with E-state index in [9.17, 15) is 4.39 Å². The highest BCUT2D eigenvalue weighted by atomic mass is 19.1. The third kappa shape index (κ3) is 3.84. The molecule has 1 unspecified atom stereocenters. The van der Waals surface area contributed by atoms with E-state index in [1.54, 1.807) is 24.7 Å². The van der Waals surface area contributed by atoms with Crippen molar-refractivity contribution in [2.24, 2.45) is 0 Å². The second-order valence-corrected chi connectivity index (χ2v) is 4.91. The van der Waals surface area contributed by atoms with Crippen LogP contribution in [0.1, 0.15) is 36.2 Å². The summed E-state index contributed by atoms with van der Waals surface area (Å²) in [4.78, 5) is 8.48. The van der Waals surface area contributed by atoms with Gasteiger partial charge in [0, 0.05) is 18.6 Å². The first-order chi connectivity index (χ1) is 9.70. The fraction of sp³-hybridized carbons (Fsp3) is 0.375. The van der Waals surface area contributed by atoms with Gasteiger partial charge < -0.3 is 5.32 Å². The maximum Gasteiger partial charge on any atom is 0.123 e. The molecule has 0 aliphatic rings. The molecule has 1 atom stereocenters. The molecular formula is C16H20FN3. The molecule has 3 nitrogen and oxygen atoms in total. The smallest absolute Gasteiger partial charge is 0.123 e. The summed E-state index contributed by atoms with van der Waals surface area (Å²) < 4.78 is 13.4. The van der Waals surface area contributed by atoms with Gasteiger partial charge in [0.25, 0.3) is 0 Å². The average Bonchev–Trinajstić information content (AvgIpc) is 2.48. The van der Waals surface area contributed by atoms with E-state index in [0.29, 0.717) is 6.42 Å². The molecule has 2 rings (SSSR count). The molecule has 0 aliphatic carbocycles. The summed E-state index contributed by atoms with van der Waals surface area (Å²) in [6.45, 7) is 5.02. The molecule has 0 amide bonds. The molecule has 1 aromatic heterocycles. The Labute approximate surface area is 119 Å². The highest BCUT2D eigenvalue weighted by molar-refractivity contribution is 5.28. The Bertz CT molecular complexity index is 543. The van der Waals surface area contributed by atoms with E-state index in [2.05, 4.69) is 22.2 Å². The maximum atomic E-state index is 13.4. The molecule has 2 aromatic rings. The molecule has 1 heterocycles. The first-order valence-corrected chi connectivity index (χ1v) is 6.95. The Balaban J connectivity index is 2.21. The summed E-state index contributed by atoms with van der Waals surface area (Å²) in [5, 5.41) is 3.46. The van der Waals surface area contributed by atoms with Crippen LogP contribution in [0.3, 0.4) is 0 Å². The van der Waals surface area contributed by atoms with Crippen molar-refractivity contribution in [1.29, 1.82) is 0 Å². The van der Waals surface area contributed by atoms with Crippen molar-refractivity contribution in [3.8, 4) is 0 Å². The molecule has 4 heteroatoms. The molecule has 0 aliphatic heterocycles. The van der Waals surface area contributed by atoms with E-state index < -0.39 is 0 Å². The highest BCUT2D eigenvalue weighted by Gasteiger charge is 2.14. The Hall–Kier alpha value is -1.81. The van der Waals surface area contributed by atoms with Crippen molar-refractivity contribution in [3.05, 3.63) is 59.4 Å². The Morgan fingerprint density at radius 1 is 1.30 bits per heavy atom. The van der Waals surface area contributed by atoms with Crippen LogP contribution in [-0.2, 0) is 6.42 Å². The number of halogens is 1. The van der Waals surface area contributed by atoms with Crippen LogP contribution in [0.25, 0.3) is 0 Å². The summed E-state index contributed by atoms with van der Waals surface area (Å²) in [5.74, 6) is -0.195. The third-order valence-corrected chi connectivity index (χ3v) is 3.32. The summed E-state index contributed by atoms with van der Waals surface area (Å²) in [6.07, 6.45) is 6.87. The summed E-state index contributed by atoms with van der Waals surface area (Å²) in [5.41, 5.74) is 2.99. The highest BCUT2D eigenvalue weighted by Crippen LogP contribution is 2.19. The van der Waals surface area contributed by atoms with E-state index in [0.717, 1.165) is 29.8 Å². The van der Waals surface area contributed by atoms with Crippen LogP contribution in [0.4, 0.5) is 4.39 Å². The molecular weight excluding hydrogens is 253 g/mol. The number of benzene rings is 1. The van der Waals surface area contributed by atoms with Crippen molar-refractivity contribution < 1.29 is 4.39 Å². The second kappa shape index (κ2) is 7.10. The number of hydrogen-bond donors (Lipinski definition) is 1. The predicted molar refractivity (Wildman–Crippen MR) is 77.9 cm³/mol. The van der Waals surface area contributed by atoms with Crippen LogP contribution in [0.5, 0.6) is 0 Å². The Morgan fingerprint density at radius 2 is 2.15 bits per heavy atom. The lowest BCUT2D eigenvalue weighted by molar-refractivity contribution is 0.513. The minimum absolute atomic E-state index is 0.0594. The number of nitrogens with zero attached hydrogens (tertiary/aromatic N) is 2. The molecule has 1 aromatic carbocycles. The number of aromatic nitrogens is 2. The maximum absolute atomic E-state index is 13.4. The zero-order valence-electron chi connectivity index (χ0n) is 11.9. The zero-order chi connectivity index (χ0) is 14.4. The van der Waals surface area contributed by atoms with Crippen LogP contribution in [-0.4, -0.2) is 16.5 Å². The van der Waals surface area contributed by atoms with E-state index in [1.165, 1.54) is 6.07 Å². The monoisotopic (exact) mass is 273 g/mol. The normalized spacial score (nSPS) is 12.3. The van der Waals surface area contributed by atoms with Crippen molar-refractivity contribution in [2.45, 2.75) is 32.7 Å². The molecule has 0 saturated carbocycles. The van der Waals surface area contributed by atoms with Crippen LogP contribution >= 0.6 is 0 Å². The molecule has 0 bridgehead atoms. The largest absolute Gasteiger partial charge is 0.308 e. The number of hydrogen-bond acceptors (Lipinski definition) is 3. The van der Waals surface area contributed by atoms with E-state index in [4.69, 9.17) is 0 Å². The minimum atomic E-state index is -0.195. The Kier molecular flexibility index (Phi) is 5.18. The number of nitrogens with one attached hydrogen (secondary N) is 1. The quantitative estimate of drug-likeness (QED) is 0.878. The lowest BCUT2D eigenvalue weighted by Gasteiger charge is -2.19. The summed E-state index contributed by atoms with van der Waals surface area (Å²) >= 11 is 0. The molecule has 0 spiro atoms. The third-order valence-electron chi connectivity index (χ3n) is 3.32. The second-order valence-electron chi connectivity index (χ2n) is 4.91. The van der Waals surface area contributed by atoms with E-state index in [1.807, 2.05) is 13.0 Å². The van der Waals surface area contributed by atoms with Gasteiger partial charge in [-0.05, 0) is 49.6 Å². The van der Waals surface area contributed by atoms with Crippen molar-refractivity contribution >= 4 is 0 Å². The fourth-order valence-corrected chi connectivity index (χ4v) is 2.17. The molecule has 0 saturated heterocycles. The summed E-state index contributed by atoms with van der Waals surface area (Å²) in [6, 6.07) is 4.98. The number of rotatable bonds is 6. The zero-order valence-corrected chi connectivity index (χ0v) is 11.9. The standard InChI is InChI=1S/C16H20FN3/c1-3-6-19-15(16-11-18-7-8-20-16)10-13-9-14(17)5-4-12(13)2/h4-5,7-9,11,15,19H,3,6,10H2,1-2H3. The molecule has 0 fully saturated rings. The van der Waals surface area contributed by atoms with Crippen molar-refractivity contribution in [1.82, 2.24) is 15.3 Å². The van der Waals surface area contributed by atoms with Gasteiger partial charge in [0.1, 0.15) is 5.82 Å². The lowest BCUT2D eigenvalue weighted by Crippen LogP contribution is -2.25. The number of aryl methyl sites for hydroxylation is 1. The first kappa shape index (κ1) is 14.6. The van der Waals surface area contributed by atoms with Crippen LogP contribution in [0.15, 0.2) is 36.8 Å². The van der Waals surface area contributed by atoms with Gasteiger partial charge in [0.2, 0.25) is 0 Å². The van der Waals surface area contributed by atoms with Gasteiger partial charge in [-0.15, -0.1) is 0 Å². The molecule has 106 valence electrons.